The highest BCUT2D eigenvalue weighted by molar-refractivity contribution is 5.94. The molecule has 1 aromatic carbocycles. The third-order valence-corrected chi connectivity index (χ3v) is 2.18. The number of terminal acetylenes is 1. The number of benzene rings is 1. The van der Waals surface area contributed by atoms with Gasteiger partial charge in [0.2, 0.25) is 0 Å². The molecule has 1 rings (SSSR count). The molecule has 0 radical (unpaired) electrons. The highest BCUT2D eigenvalue weighted by Gasteiger charge is 2.18. The van der Waals surface area contributed by atoms with Gasteiger partial charge in [0.1, 0.15) is 0 Å². The van der Waals surface area contributed by atoms with Crippen LogP contribution in [-0.2, 0) is 0 Å². The van der Waals surface area contributed by atoms with Crippen molar-refractivity contribution in [3.63, 3.8) is 0 Å². The Bertz CT molecular complexity index is 456. The van der Waals surface area contributed by atoms with E-state index in [2.05, 4.69) is 5.92 Å². The molecule has 0 aromatic heterocycles. The monoisotopic (exact) mass is 241 g/mol. The fourth-order valence-corrected chi connectivity index (χ4v) is 1.30. The second-order valence-corrected chi connectivity index (χ2v) is 3.28. The maximum absolute atomic E-state index is 12.9. The van der Waals surface area contributed by atoms with Gasteiger partial charge in [-0.05, 0) is 19.1 Å². The van der Waals surface area contributed by atoms with E-state index < -0.39 is 23.4 Å². The number of amides is 1. The normalized spacial score (nSPS) is 9.82. The molecular weight excluding hydrogens is 231 g/mol. The SMILES string of the molecule is C#CCN(CC)C(=O)c1cc(F)c(F)c(F)c1. The first-order valence-corrected chi connectivity index (χ1v) is 4.88. The van der Waals surface area contributed by atoms with Gasteiger partial charge in [0, 0.05) is 12.1 Å². The quantitative estimate of drug-likeness (QED) is 0.587. The summed E-state index contributed by atoms with van der Waals surface area (Å²) in [6.07, 6.45) is 5.05. The van der Waals surface area contributed by atoms with E-state index in [4.69, 9.17) is 6.42 Å². The fourth-order valence-electron chi connectivity index (χ4n) is 1.30. The van der Waals surface area contributed by atoms with Gasteiger partial charge in [-0.15, -0.1) is 6.42 Å². The minimum absolute atomic E-state index is 0.0238. The van der Waals surface area contributed by atoms with Gasteiger partial charge < -0.3 is 4.90 Å². The lowest BCUT2D eigenvalue weighted by atomic mass is 10.1. The maximum atomic E-state index is 12.9. The molecule has 0 aliphatic heterocycles. The summed E-state index contributed by atoms with van der Waals surface area (Å²) in [6.45, 7) is 1.99. The van der Waals surface area contributed by atoms with Crippen LogP contribution < -0.4 is 0 Å². The average molecular weight is 241 g/mol. The Balaban J connectivity index is 3.09. The van der Waals surface area contributed by atoms with Gasteiger partial charge in [-0.3, -0.25) is 4.79 Å². The molecular formula is C12H10F3NO. The van der Waals surface area contributed by atoms with E-state index in [9.17, 15) is 18.0 Å². The van der Waals surface area contributed by atoms with Crippen LogP contribution in [0.5, 0.6) is 0 Å². The lowest BCUT2D eigenvalue weighted by Gasteiger charge is -2.18. The van der Waals surface area contributed by atoms with Crippen molar-refractivity contribution in [2.45, 2.75) is 6.92 Å². The topological polar surface area (TPSA) is 20.3 Å². The van der Waals surface area contributed by atoms with Crippen molar-refractivity contribution in [1.82, 2.24) is 4.90 Å². The third-order valence-electron chi connectivity index (χ3n) is 2.18. The summed E-state index contributed by atoms with van der Waals surface area (Å²) in [6, 6.07) is 1.31. The van der Waals surface area contributed by atoms with E-state index in [1.807, 2.05) is 0 Å². The number of nitrogens with zero attached hydrogens (tertiary/aromatic N) is 1. The second-order valence-electron chi connectivity index (χ2n) is 3.28. The Hall–Kier alpha value is -1.96. The molecule has 0 fully saturated rings. The van der Waals surface area contributed by atoms with Gasteiger partial charge in [-0.1, -0.05) is 5.92 Å². The molecule has 0 spiro atoms. The standard InChI is InChI=1S/C12H10F3NO/c1-3-5-16(4-2)12(17)8-6-9(13)11(15)10(14)7-8/h1,6-7H,4-5H2,2H3. The molecule has 5 heteroatoms. The first-order chi connectivity index (χ1) is 8.01. The van der Waals surface area contributed by atoms with Crippen molar-refractivity contribution < 1.29 is 18.0 Å². The molecule has 1 aromatic rings. The molecule has 1 amide bonds. The number of carbonyl (C=O) groups is 1. The van der Waals surface area contributed by atoms with E-state index in [1.54, 1.807) is 6.92 Å². The molecule has 0 N–H and O–H groups in total. The molecule has 0 aliphatic carbocycles. The lowest BCUT2D eigenvalue weighted by Crippen LogP contribution is -2.31. The predicted molar refractivity (Wildman–Crippen MR) is 56.7 cm³/mol. The maximum Gasteiger partial charge on any atom is 0.254 e. The zero-order valence-corrected chi connectivity index (χ0v) is 9.14. The Labute approximate surface area is 97.0 Å². The van der Waals surface area contributed by atoms with Crippen LogP contribution in [0.3, 0.4) is 0 Å². The molecule has 0 unspecified atom stereocenters. The smallest absolute Gasteiger partial charge is 0.254 e. The van der Waals surface area contributed by atoms with Gasteiger partial charge in [-0.2, -0.15) is 0 Å². The Morgan fingerprint density at radius 3 is 2.29 bits per heavy atom. The van der Waals surface area contributed by atoms with Gasteiger partial charge >= 0.3 is 0 Å². The summed E-state index contributed by atoms with van der Waals surface area (Å²) in [5.41, 5.74) is -0.265. The zero-order valence-electron chi connectivity index (χ0n) is 9.14. The molecule has 0 saturated heterocycles. The van der Waals surface area contributed by atoms with E-state index in [1.165, 1.54) is 4.90 Å². The van der Waals surface area contributed by atoms with Crippen molar-refractivity contribution in [3.05, 3.63) is 35.1 Å². The van der Waals surface area contributed by atoms with Gasteiger partial charge in [0.25, 0.3) is 5.91 Å². The van der Waals surface area contributed by atoms with Gasteiger partial charge in [0.15, 0.2) is 17.5 Å². The molecule has 0 atom stereocenters. The minimum atomic E-state index is -1.60. The first-order valence-electron chi connectivity index (χ1n) is 4.88. The van der Waals surface area contributed by atoms with Crippen molar-refractivity contribution >= 4 is 5.91 Å². The van der Waals surface area contributed by atoms with Gasteiger partial charge in [0.05, 0.1) is 6.54 Å². The predicted octanol–water partition coefficient (Wildman–Crippen LogP) is 2.20. The summed E-state index contributed by atoms with van der Waals surface area (Å²) < 4.78 is 38.6. The number of halogens is 3. The molecule has 17 heavy (non-hydrogen) atoms. The zero-order chi connectivity index (χ0) is 13.0. The summed E-state index contributed by atoms with van der Waals surface area (Å²) in [4.78, 5) is 13.0. The van der Waals surface area contributed by atoms with E-state index in [0.717, 1.165) is 0 Å². The van der Waals surface area contributed by atoms with Crippen LogP contribution in [0.25, 0.3) is 0 Å². The van der Waals surface area contributed by atoms with Crippen LogP contribution in [0.4, 0.5) is 13.2 Å². The van der Waals surface area contributed by atoms with Gasteiger partial charge in [-0.25, -0.2) is 13.2 Å². The van der Waals surface area contributed by atoms with Crippen LogP contribution in [0, 0.1) is 29.8 Å². The second kappa shape index (κ2) is 5.39. The Morgan fingerprint density at radius 1 is 1.35 bits per heavy atom. The van der Waals surface area contributed by atoms with E-state index in [-0.39, 0.29) is 12.1 Å². The van der Waals surface area contributed by atoms with Crippen LogP contribution >= 0.6 is 0 Å². The number of hydrogen-bond acceptors (Lipinski definition) is 1. The van der Waals surface area contributed by atoms with Crippen LogP contribution in [0.15, 0.2) is 12.1 Å². The summed E-state index contributed by atoms with van der Waals surface area (Å²) >= 11 is 0. The van der Waals surface area contributed by atoms with Crippen molar-refractivity contribution in [1.29, 1.82) is 0 Å². The molecule has 0 bridgehead atoms. The van der Waals surface area contributed by atoms with Crippen molar-refractivity contribution in [2.24, 2.45) is 0 Å². The van der Waals surface area contributed by atoms with Crippen molar-refractivity contribution in [3.8, 4) is 12.3 Å². The molecule has 0 aliphatic rings. The summed E-state index contributed by atoms with van der Waals surface area (Å²) in [5, 5.41) is 0. The Morgan fingerprint density at radius 2 is 1.88 bits per heavy atom. The number of carbonyl (C=O) groups excluding carboxylic acids is 1. The van der Waals surface area contributed by atoms with E-state index in [0.29, 0.717) is 18.7 Å². The highest BCUT2D eigenvalue weighted by atomic mass is 19.2. The first kappa shape index (κ1) is 13.1. The third kappa shape index (κ3) is 2.78. The molecule has 0 saturated carbocycles. The largest absolute Gasteiger partial charge is 0.328 e. The van der Waals surface area contributed by atoms with Crippen LogP contribution in [-0.4, -0.2) is 23.9 Å². The molecule has 90 valence electrons. The van der Waals surface area contributed by atoms with E-state index >= 15 is 0 Å². The van der Waals surface area contributed by atoms with Crippen LogP contribution in [0.2, 0.25) is 0 Å². The van der Waals surface area contributed by atoms with Crippen molar-refractivity contribution in [2.75, 3.05) is 13.1 Å². The summed E-state index contributed by atoms with van der Waals surface area (Å²) in [5.74, 6) is -2.77. The lowest BCUT2D eigenvalue weighted by molar-refractivity contribution is 0.0783. The van der Waals surface area contributed by atoms with Crippen LogP contribution in [0.1, 0.15) is 17.3 Å². The minimum Gasteiger partial charge on any atom is -0.328 e. The summed E-state index contributed by atoms with van der Waals surface area (Å²) in [7, 11) is 0. The fraction of sp³-hybridized carbons (Fsp3) is 0.250. The Kier molecular flexibility index (Phi) is 4.16. The molecule has 0 heterocycles. The molecule has 2 nitrogen and oxygen atoms in total. The number of hydrogen-bond donors (Lipinski definition) is 0. The highest BCUT2D eigenvalue weighted by Crippen LogP contribution is 2.15. The number of rotatable bonds is 3. The average Bonchev–Trinajstić information content (AvgIpc) is 2.31.